The highest BCUT2D eigenvalue weighted by molar-refractivity contribution is 5.75. The summed E-state index contributed by atoms with van der Waals surface area (Å²) in [6.07, 6.45) is 5.18. The van der Waals surface area contributed by atoms with E-state index < -0.39 is 0 Å². The van der Waals surface area contributed by atoms with Gasteiger partial charge in [-0.15, -0.1) is 0 Å². The molecule has 23 heavy (non-hydrogen) atoms. The average Bonchev–Trinajstić information content (AvgIpc) is 3.06. The maximum Gasteiger partial charge on any atom is 0.0931 e. The third-order valence-corrected chi connectivity index (χ3v) is 4.30. The third-order valence-electron chi connectivity index (χ3n) is 4.30. The van der Waals surface area contributed by atoms with Crippen LogP contribution in [-0.2, 0) is 12.8 Å². The highest BCUT2D eigenvalue weighted by atomic mass is 15.1. The predicted molar refractivity (Wildman–Crippen MR) is 96.7 cm³/mol. The van der Waals surface area contributed by atoms with E-state index >= 15 is 0 Å². The van der Waals surface area contributed by atoms with Crippen molar-refractivity contribution in [1.29, 1.82) is 0 Å². The van der Waals surface area contributed by atoms with Gasteiger partial charge >= 0.3 is 0 Å². The van der Waals surface area contributed by atoms with Gasteiger partial charge in [0.25, 0.3) is 0 Å². The zero-order valence-electron chi connectivity index (χ0n) is 13.8. The number of fused-ring (bicyclic) bond motifs is 1. The molecule has 0 aliphatic heterocycles. The van der Waals surface area contributed by atoms with Gasteiger partial charge in [0.2, 0.25) is 0 Å². The molecule has 0 fully saturated rings. The molecular formula is C20H25N3. The standard InChI is InChI=1S/C20H25N3/c1-2-12-23(13-10-17-6-4-3-5-7-17)14-11-18-8-9-19-20(15-18)22-16-21-19/h3-9,15-16H,2,10-14H2,1H3,(H,21,22). The number of aromatic nitrogens is 2. The Morgan fingerprint density at radius 2 is 1.70 bits per heavy atom. The van der Waals surface area contributed by atoms with Gasteiger partial charge in [-0.1, -0.05) is 43.3 Å². The minimum atomic E-state index is 1.04. The molecule has 120 valence electrons. The number of hydrogen-bond donors (Lipinski definition) is 1. The van der Waals surface area contributed by atoms with Crippen LogP contribution in [0.1, 0.15) is 24.5 Å². The fraction of sp³-hybridized carbons (Fsp3) is 0.350. The van der Waals surface area contributed by atoms with Crippen molar-refractivity contribution in [3.8, 4) is 0 Å². The number of benzene rings is 2. The van der Waals surface area contributed by atoms with Gasteiger partial charge in [0.05, 0.1) is 17.4 Å². The first-order valence-electron chi connectivity index (χ1n) is 8.53. The van der Waals surface area contributed by atoms with Gasteiger partial charge < -0.3 is 9.88 Å². The van der Waals surface area contributed by atoms with Crippen LogP contribution in [0.15, 0.2) is 54.9 Å². The average molecular weight is 307 g/mol. The van der Waals surface area contributed by atoms with Crippen molar-refractivity contribution >= 4 is 11.0 Å². The van der Waals surface area contributed by atoms with Crippen LogP contribution >= 0.6 is 0 Å². The molecule has 0 saturated heterocycles. The van der Waals surface area contributed by atoms with Crippen molar-refractivity contribution in [3.05, 3.63) is 66.0 Å². The molecule has 3 heteroatoms. The van der Waals surface area contributed by atoms with Crippen LogP contribution in [0, 0.1) is 0 Å². The summed E-state index contributed by atoms with van der Waals surface area (Å²) in [5, 5.41) is 0. The van der Waals surface area contributed by atoms with E-state index in [1.54, 1.807) is 6.33 Å². The van der Waals surface area contributed by atoms with E-state index in [1.807, 2.05) is 0 Å². The lowest BCUT2D eigenvalue weighted by Crippen LogP contribution is -2.29. The lowest BCUT2D eigenvalue weighted by atomic mass is 10.1. The lowest BCUT2D eigenvalue weighted by molar-refractivity contribution is 0.281. The number of nitrogens with one attached hydrogen (secondary N) is 1. The Balaban J connectivity index is 1.55. The summed E-state index contributed by atoms with van der Waals surface area (Å²) in [4.78, 5) is 10.0. The SMILES string of the molecule is CCCN(CCc1ccccc1)CCc1ccc2nc[nH]c2c1. The van der Waals surface area contributed by atoms with Crippen LogP contribution in [0.3, 0.4) is 0 Å². The summed E-state index contributed by atoms with van der Waals surface area (Å²) >= 11 is 0. The van der Waals surface area contributed by atoms with Gasteiger partial charge in [0.15, 0.2) is 0 Å². The topological polar surface area (TPSA) is 31.9 Å². The molecule has 0 bridgehead atoms. The van der Waals surface area contributed by atoms with E-state index in [0.717, 1.165) is 37.0 Å². The van der Waals surface area contributed by atoms with Crippen molar-refractivity contribution in [2.45, 2.75) is 26.2 Å². The van der Waals surface area contributed by atoms with Crippen molar-refractivity contribution in [2.24, 2.45) is 0 Å². The van der Waals surface area contributed by atoms with Crippen molar-refractivity contribution < 1.29 is 0 Å². The second-order valence-electron chi connectivity index (χ2n) is 6.08. The summed E-state index contributed by atoms with van der Waals surface area (Å²) in [5.41, 5.74) is 4.98. The van der Waals surface area contributed by atoms with Gasteiger partial charge in [0, 0.05) is 13.1 Å². The third kappa shape index (κ3) is 4.42. The van der Waals surface area contributed by atoms with Gasteiger partial charge in [-0.25, -0.2) is 4.98 Å². The zero-order valence-corrected chi connectivity index (χ0v) is 13.8. The molecule has 1 heterocycles. The number of imidazole rings is 1. The Morgan fingerprint density at radius 1 is 0.913 bits per heavy atom. The summed E-state index contributed by atoms with van der Waals surface area (Å²) < 4.78 is 0. The highest BCUT2D eigenvalue weighted by Crippen LogP contribution is 2.13. The Kier molecular flexibility index (Phi) is 5.43. The molecule has 0 saturated carbocycles. The Hall–Kier alpha value is -2.13. The fourth-order valence-electron chi connectivity index (χ4n) is 3.01. The number of hydrogen-bond acceptors (Lipinski definition) is 2. The van der Waals surface area contributed by atoms with E-state index in [9.17, 15) is 0 Å². The van der Waals surface area contributed by atoms with E-state index in [2.05, 4.69) is 70.3 Å². The van der Waals surface area contributed by atoms with Gasteiger partial charge in [-0.2, -0.15) is 0 Å². The van der Waals surface area contributed by atoms with E-state index in [0.29, 0.717) is 0 Å². The molecule has 0 radical (unpaired) electrons. The van der Waals surface area contributed by atoms with Gasteiger partial charge in [-0.05, 0) is 49.1 Å². The Labute approximate surface area is 138 Å². The summed E-state index contributed by atoms with van der Waals surface area (Å²) in [7, 11) is 0. The van der Waals surface area contributed by atoms with Crippen LogP contribution in [0.2, 0.25) is 0 Å². The molecular weight excluding hydrogens is 282 g/mol. The van der Waals surface area contributed by atoms with Crippen molar-refractivity contribution in [1.82, 2.24) is 14.9 Å². The Morgan fingerprint density at radius 3 is 2.48 bits per heavy atom. The molecule has 0 amide bonds. The van der Waals surface area contributed by atoms with Crippen LogP contribution in [0.25, 0.3) is 11.0 Å². The van der Waals surface area contributed by atoms with Crippen LogP contribution in [0.5, 0.6) is 0 Å². The lowest BCUT2D eigenvalue weighted by Gasteiger charge is -2.21. The minimum Gasteiger partial charge on any atom is -0.345 e. The second-order valence-corrected chi connectivity index (χ2v) is 6.08. The zero-order chi connectivity index (χ0) is 15.9. The van der Waals surface area contributed by atoms with Gasteiger partial charge in [-0.3, -0.25) is 0 Å². The summed E-state index contributed by atoms with van der Waals surface area (Å²) in [5.74, 6) is 0. The van der Waals surface area contributed by atoms with Crippen LogP contribution < -0.4 is 0 Å². The van der Waals surface area contributed by atoms with Crippen molar-refractivity contribution in [2.75, 3.05) is 19.6 Å². The van der Waals surface area contributed by atoms with E-state index in [4.69, 9.17) is 0 Å². The largest absolute Gasteiger partial charge is 0.345 e. The van der Waals surface area contributed by atoms with Crippen molar-refractivity contribution in [3.63, 3.8) is 0 Å². The predicted octanol–water partition coefficient (Wildman–Crippen LogP) is 4.06. The van der Waals surface area contributed by atoms with Crippen LogP contribution in [-0.4, -0.2) is 34.5 Å². The molecule has 2 aromatic carbocycles. The molecule has 0 aliphatic rings. The molecule has 3 rings (SSSR count). The molecule has 0 spiro atoms. The number of rotatable bonds is 8. The normalized spacial score (nSPS) is 11.4. The van der Waals surface area contributed by atoms with Crippen LogP contribution in [0.4, 0.5) is 0 Å². The second kappa shape index (κ2) is 7.93. The first-order chi connectivity index (χ1) is 11.3. The number of aromatic amines is 1. The number of nitrogens with zero attached hydrogens (tertiary/aromatic N) is 2. The molecule has 1 aromatic heterocycles. The van der Waals surface area contributed by atoms with E-state index in [1.165, 1.54) is 24.1 Å². The first-order valence-corrected chi connectivity index (χ1v) is 8.53. The number of H-pyrrole nitrogens is 1. The first kappa shape index (κ1) is 15.8. The maximum atomic E-state index is 4.28. The highest BCUT2D eigenvalue weighted by Gasteiger charge is 2.06. The maximum absolute atomic E-state index is 4.28. The Bertz CT molecular complexity index is 718. The summed E-state index contributed by atoms with van der Waals surface area (Å²) in [6.45, 7) is 5.66. The summed E-state index contributed by atoms with van der Waals surface area (Å²) in [6, 6.07) is 17.3. The molecule has 3 aromatic rings. The smallest absolute Gasteiger partial charge is 0.0931 e. The minimum absolute atomic E-state index is 1.04. The monoisotopic (exact) mass is 307 g/mol. The molecule has 0 unspecified atom stereocenters. The van der Waals surface area contributed by atoms with Gasteiger partial charge in [0.1, 0.15) is 0 Å². The fourth-order valence-corrected chi connectivity index (χ4v) is 3.01. The molecule has 0 aliphatic carbocycles. The molecule has 1 N–H and O–H groups in total. The molecule has 3 nitrogen and oxygen atoms in total. The molecule has 0 atom stereocenters. The quantitative estimate of drug-likeness (QED) is 0.680. The van der Waals surface area contributed by atoms with E-state index in [-0.39, 0.29) is 0 Å².